The number of hydrogen-bond donors (Lipinski definition) is 1. The number of hydrogen-bond acceptors (Lipinski definition) is 4. The molecule has 0 unspecified atom stereocenters. The zero-order valence-electron chi connectivity index (χ0n) is 14.9. The Hall–Kier alpha value is -3.31. The Morgan fingerprint density at radius 1 is 1.00 bits per heavy atom. The molecule has 0 saturated heterocycles. The number of ether oxygens (including phenoxy) is 1. The number of carbonyl (C=O) groups excluding carboxylic acids is 1. The van der Waals surface area contributed by atoms with Crippen molar-refractivity contribution in [2.24, 2.45) is 0 Å². The van der Waals surface area contributed by atoms with Gasteiger partial charge in [0.1, 0.15) is 11.3 Å². The number of halogens is 1. The van der Waals surface area contributed by atoms with Crippen LogP contribution in [0.4, 0.5) is 0 Å². The molecular weight excluding hydrogens is 376 g/mol. The third kappa shape index (κ3) is 4.15. The van der Waals surface area contributed by atoms with Gasteiger partial charge in [-0.2, -0.15) is 0 Å². The minimum atomic E-state index is -0.219. The summed E-state index contributed by atoms with van der Waals surface area (Å²) in [6.45, 7) is 0.309. The van der Waals surface area contributed by atoms with E-state index in [0.717, 1.165) is 22.2 Å². The van der Waals surface area contributed by atoms with E-state index < -0.39 is 0 Å². The number of rotatable bonds is 6. The second-order valence-corrected chi connectivity index (χ2v) is 6.59. The summed E-state index contributed by atoms with van der Waals surface area (Å²) >= 11 is 6.00. The van der Waals surface area contributed by atoms with Crippen LogP contribution in [0.15, 0.2) is 77.2 Å². The normalized spacial score (nSPS) is 10.8. The number of benzene rings is 3. The molecule has 0 aliphatic carbocycles. The molecule has 0 atom stereocenters. The van der Waals surface area contributed by atoms with E-state index in [4.69, 9.17) is 20.8 Å². The van der Waals surface area contributed by atoms with Gasteiger partial charge in [-0.1, -0.05) is 48.0 Å². The second-order valence-electron chi connectivity index (χ2n) is 6.18. The molecule has 1 aromatic heterocycles. The molecule has 0 aliphatic heterocycles. The third-order valence-electron chi connectivity index (χ3n) is 4.18. The van der Waals surface area contributed by atoms with Gasteiger partial charge in [-0.05, 0) is 42.0 Å². The molecule has 0 spiro atoms. The van der Waals surface area contributed by atoms with Crippen molar-refractivity contribution < 1.29 is 13.9 Å². The standard InChI is InChI=1S/C22H17ClN2O3/c23-17-5-1-3-7-19(17)27-14-21(26)24-13-15-9-11-16(12-10-15)22-25-18-6-2-4-8-20(18)28-22/h1-12H,13-14H2,(H,24,26). The molecule has 0 fully saturated rings. The lowest BCUT2D eigenvalue weighted by molar-refractivity contribution is -0.123. The predicted molar refractivity (Wildman–Crippen MR) is 108 cm³/mol. The first-order chi connectivity index (χ1) is 13.7. The smallest absolute Gasteiger partial charge is 0.258 e. The van der Waals surface area contributed by atoms with E-state index in [1.807, 2.05) is 48.5 Å². The van der Waals surface area contributed by atoms with Crippen LogP contribution in [-0.2, 0) is 11.3 Å². The first kappa shape index (κ1) is 18.1. The second kappa shape index (κ2) is 8.15. The zero-order valence-corrected chi connectivity index (χ0v) is 15.6. The molecule has 1 heterocycles. The van der Waals surface area contributed by atoms with E-state index in [2.05, 4.69) is 10.3 Å². The Kier molecular flexibility index (Phi) is 5.26. The summed E-state index contributed by atoms with van der Waals surface area (Å²) in [4.78, 5) is 16.5. The predicted octanol–water partition coefficient (Wildman–Crippen LogP) is 4.84. The molecule has 1 amide bonds. The molecule has 4 aromatic rings. The lowest BCUT2D eigenvalue weighted by atomic mass is 10.1. The summed E-state index contributed by atoms with van der Waals surface area (Å²) in [6.07, 6.45) is 0. The van der Waals surface area contributed by atoms with E-state index in [1.54, 1.807) is 24.3 Å². The lowest BCUT2D eigenvalue weighted by Gasteiger charge is -2.09. The molecule has 28 heavy (non-hydrogen) atoms. The van der Waals surface area contributed by atoms with Crippen LogP contribution >= 0.6 is 11.6 Å². The molecular formula is C22H17ClN2O3. The first-order valence-corrected chi connectivity index (χ1v) is 9.16. The highest BCUT2D eigenvalue weighted by Crippen LogP contribution is 2.24. The van der Waals surface area contributed by atoms with Gasteiger partial charge < -0.3 is 14.5 Å². The highest BCUT2D eigenvalue weighted by Gasteiger charge is 2.08. The number of nitrogens with one attached hydrogen (secondary N) is 1. The SMILES string of the molecule is O=C(COc1ccccc1Cl)NCc1ccc(-c2nc3ccccc3o2)cc1. The van der Waals surface area contributed by atoms with Gasteiger partial charge in [0, 0.05) is 12.1 Å². The maximum Gasteiger partial charge on any atom is 0.258 e. The number of amides is 1. The fourth-order valence-electron chi connectivity index (χ4n) is 2.72. The van der Waals surface area contributed by atoms with Crippen LogP contribution in [0.25, 0.3) is 22.6 Å². The van der Waals surface area contributed by atoms with Gasteiger partial charge in [0.15, 0.2) is 12.2 Å². The van der Waals surface area contributed by atoms with Gasteiger partial charge in [-0.3, -0.25) is 4.79 Å². The van der Waals surface area contributed by atoms with Gasteiger partial charge in [0.05, 0.1) is 5.02 Å². The van der Waals surface area contributed by atoms with Crippen LogP contribution in [-0.4, -0.2) is 17.5 Å². The Bertz CT molecular complexity index is 1070. The van der Waals surface area contributed by atoms with Crippen LogP contribution in [0, 0.1) is 0 Å². The van der Waals surface area contributed by atoms with Crippen molar-refractivity contribution in [3.05, 3.63) is 83.4 Å². The van der Waals surface area contributed by atoms with Gasteiger partial charge in [0.25, 0.3) is 5.91 Å². The summed E-state index contributed by atoms with van der Waals surface area (Å²) in [5.74, 6) is 0.842. The Morgan fingerprint density at radius 2 is 1.75 bits per heavy atom. The summed E-state index contributed by atoms with van der Waals surface area (Å²) in [5.41, 5.74) is 3.43. The van der Waals surface area contributed by atoms with Gasteiger partial charge in [0.2, 0.25) is 5.89 Å². The molecule has 6 heteroatoms. The summed E-state index contributed by atoms with van der Waals surface area (Å²) in [6, 6.07) is 22.4. The van der Waals surface area contributed by atoms with Crippen molar-refractivity contribution in [1.82, 2.24) is 10.3 Å². The summed E-state index contributed by atoms with van der Waals surface area (Å²) in [7, 11) is 0. The monoisotopic (exact) mass is 392 g/mol. The van der Waals surface area contributed by atoms with Crippen LogP contribution in [0.5, 0.6) is 5.75 Å². The number of oxazole rings is 1. The lowest BCUT2D eigenvalue weighted by Crippen LogP contribution is -2.28. The molecule has 1 N–H and O–H groups in total. The van der Waals surface area contributed by atoms with Crippen LogP contribution in [0.3, 0.4) is 0 Å². The molecule has 3 aromatic carbocycles. The molecule has 4 rings (SSSR count). The number of para-hydroxylation sites is 3. The molecule has 5 nitrogen and oxygen atoms in total. The molecule has 0 aliphatic rings. The quantitative estimate of drug-likeness (QED) is 0.509. The number of fused-ring (bicyclic) bond motifs is 1. The first-order valence-electron chi connectivity index (χ1n) is 8.78. The number of nitrogens with zero attached hydrogens (tertiary/aromatic N) is 1. The number of carbonyl (C=O) groups is 1. The van der Waals surface area contributed by atoms with E-state index in [0.29, 0.717) is 23.2 Å². The van der Waals surface area contributed by atoms with Gasteiger partial charge in [-0.15, -0.1) is 0 Å². The topological polar surface area (TPSA) is 64.4 Å². The highest BCUT2D eigenvalue weighted by atomic mass is 35.5. The third-order valence-corrected chi connectivity index (χ3v) is 4.49. The van der Waals surface area contributed by atoms with Gasteiger partial charge in [-0.25, -0.2) is 4.98 Å². The van der Waals surface area contributed by atoms with Crippen LogP contribution in [0.2, 0.25) is 5.02 Å². The average molecular weight is 393 g/mol. The van der Waals surface area contributed by atoms with Crippen molar-refractivity contribution in [1.29, 1.82) is 0 Å². The van der Waals surface area contributed by atoms with Crippen LogP contribution in [0.1, 0.15) is 5.56 Å². The van der Waals surface area contributed by atoms with Crippen molar-refractivity contribution >= 4 is 28.6 Å². The van der Waals surface area contributed by atoms with Crippen molar-refractivity contribution in [2.75, 3.05) is 6.61 Å². The highest BCUT2D eigenvalue weighted by molar-refractivity contribution is 6.32. The van der Waals surface area contributed by atoms with Gasteiger partial charge >= 0.3 is 0 Å². The van der Waals surface area contributed by atoms with E-state index in [1.165, 1.54) is 0 Å². The fraction of sp³-hybridized carbons (Fsp3) is 0.0909. The van der Waals surface area contributed by atoms with Crippen molar-refractivity contribution in [3.63, 3.8) is 0 Å². The minimum Gasteiger partial charge on any atom is -0.482 e. The fourth-order valence-corrected chi connectivity index (χ4v) is 2.91. The van der Waals surface area contributed by atoms with E-state index in [-0.39, 0.29) is 12.5 Å². The minimum absolute atomic E-state index is 0.0925. The molecule has 0 bridgehead atoms. The maximum absolute atomic E-state index is 12.0. The molecule has 0 saturated carbocycles. The maximum atomic E-state index is 12.0. The van der Waals surface area contributed by atoms with Crippen LogP contribution < -0.4 is 10.1 Å². The van der Waals surface area contributed by atoms with Crippen molar-refractivity contribution in [2.45, 2.75) is 6.54 Å². The van der Waals surface area contributed by atoms with Crippen molar-refractivity contribution in [3.8, 4) is 17.2 Å². The largest absolute Gasteiger partial charge is 0.482 e. The average Bonchev–Trinajstić information content (AvgIpc) is 3.16. The number of aromatic nitrogens is 1. The Morgan fingerprint density at radius 3 is 2.54 bits per heavy atom. The Labute approximate surface area is 166 Å². The van der Waals surface area contributed by atoms with E-state index in [9.17, 15) is 4.79 Å². The molecule has 140 valence electrons. The summed E-state index contributed by atoms with van der Waals surface area (Å²) < 4.78 is 11.2. The summed E-state index contributed by atoms with van der Waals surface area (Å²) in [5, 5.41) is 3.30. The van der Waals surface area contributed by atoms with E-state index >= 15 is 0 Å². The molecule has 0 radical (unpaired) electrons. The zero-order chi connectivity index (χ0) is 19.3. The Balaban J connectivity index is 1.33.